The number of methoxy groups -OCH3 is 1. The second kappa shape index (κ2) is 8.38. The number of fused-ring (bicyclic) bond motifs is 2. The molecule has 4 aromatic rings. The van der Waals surface area contributed by atoms with Gasteiger partial charge in [0, 0.05) is 16.4 Å². The number of nitrogen functional groups attached to an aromatic ring is 1. The third-order valence-corrected chi connectivity index (χ3v) is 7.65. The summed E-state index contributed by atoms with van der Waals surface area (Å²) in [7, 11) is -3.01. The first-order valence-electron chi connectivity index (χ1n) is 10.8. The van der Waals surface area contributed by atoms with Crippen LogP contribution >= 0.6 is 11.6 Å². The van der Waals surface area contributed by atoms with E-state index in [1.165, 1.54) is 17.9 Å². The van der Waals surface area contributed by atoms with Crippen LogP contribution in [-0.4, -0.2) is 42.8 Å². The summed E-state index contributed by atoms with van der Waals surface area (Å²) in [4.78, 5) is 17.2. The molecule has 36 heavy (non-hydrogen) atoms. The second-order valence-electron chi connectivity index (χ2n) is 8.94. The third kappa shape index (κ3) is 3.90. The van der Waals surface area contributed by atoms with Crippen molar-refractivity contribution in [2.75, 3.05) is 19.5 Å². The van der Waals surface area contributed by atoms with Crippen LogP contribution in [-0.2, 0) is 15.4 Å². The lowest BCUT2D eigenvalue weighted by Gasteiger charge is -2.17. The van der Waals surface area contributed by atoms with Crippen molar-refractivity contribution in [3.63, 3.8) is 0 Å². The van der Waals surface area contributed by atoms with Gasteiger partial charge in [-0.3, -0.25) is 4.79 Å². The van der Waals surface area contributed by atoms with E-state index in [4.69, 9.17) is 26.8 Å². The number of aromatic nitrogens is 3. The van der Waals surface area contributed by atoms with E-state index < -0.39 is 21.3 Å². The lowest BCUT2D eigenvalue weighted by atomic mass is 9.87. The van der Waals surface area contributed by atoms with E-state index in [1.807, 2.05) is 13.8 Å². The van der Waals surface area contributed by atoms with E-state index in [1.54, 1.807) is 42.6 Å². The molecule has 0 radical (unpaired) electrons. The van der Waals surface area contributed by atoms with Crippen LogP contribution in [0, 0.1) is 0 Å². The third-order valence-electron chi connectivity index (χ3n) is 5.98. The number of pyridine rings is 1. The Morgan fingerprint density at radius 1 is 1.22 bits per heavy atom. The Morgan fingerprint density at radius 3 is 2.69 bits per heavy atom. The van der Waals surface area contributed by atoms with Crippen molar-refractivity contribution in [1.82, 2.24) is 19.5 Å². The van der Waals surface area contributed by atoms with Crippen LogP contribution < -0.4 is 19.9 Å². The predicted octanol–water partition coefficient (Wildman–Crippen LogP) is 3.45. The van der Waals surface area contributed by atoms with Crippen molar-refractivity contribution in [3.8, 4) is 17.2 Å². The molecule has 12 heteroatoms. The van der Waals surface area contributed by atoms with Gasteiger partial charge in [0.1, 0.15) is 17.2 Å². The van der Waals surface area contributed by atoms with E-state index in [0.29, 0.717) is 34.4 Å². The number of anilines is 1. The lowest BCUT2D eigenvalue weighted by Crippen LogP contribution is -2.31. The summed E-state index contributed by atoms with van der Waals surface area (Å²) in [6, 6.07) is 11.6. The van der Waals surface area contributed by atoms with Crippen LogP contribution in [0.3, 0.4) is 0 Å². The average Bonchev–Trinajstić information content (AvgIpc) is 3.34. The van der Waals surface area contributed by atoms with Crippen molar-refractivity contribution in [1.29, 1.82) is 0 Å². The highest BCUT2D eigenvalue weighted by Crippen LogP contribution is 2.46. The fourth-order valence-electron chi connectivity index (χ4n) is 4.15. The molecule has 1 aliphatic heterocycles. The van der Waals surface area contributed by atoms with Crippen LogP contribution in [0.5, 0.6) is 11.5 Å². The lowest BCUT2D eigenvalue weighted by molar-refractivity contribution is 0.0977. The topological polar surface area (TPSA) is 138 Å². The van der Waals surface area contributed by atoms with Gasteiger partial charge in [0.15, 0.2) is 10.0 Å². The Balaban J connectivity index is 1.51. The maximum Gasteiger partial charge on any atom is 0.283 e. The molecule has 0 fully saturated rings. The average molecular weight is 528 g/mol. The Morgan fingerprint density at radius 2 is 2.00 bits per heavy atom. The summed E-state index contributed by atoms with van der Waals surface area (Å²) in [5.41, 5.74) is 7.45. The van der Waals surface area contributed by atoms with E-state index in [2.05, 4.69) is 14.8 Å². The molecule has 0 bridgehead atoms. The van der Waals surface area contributed by atoms with E-state index >= 15 is 0 Å². The van der Waals surface area contributed by atoms with E-state index in [9.17, 15) is 13.2 Å². The molecule has 10 nitrogen and oxygen atoms in total. The fourth-order valence-corrected chi connectivity index (χ4v) is 5.56. The fraction of sp³-hybridized carbons (Fsp3) is 0.208. The van der Waals surface area contributed by atoms with Gasteiger partial charge in [-0.25, -0.2) is 22.8 Å². The minimum atomic E-state index is -4.36. The summed E-state index contributed by atoms with van der Waals surface area (Å²) in [6.07, 6.45) is 1.57. The van der Waals surface area contributed by atoms with Gasteiger partial charge in [-0.05, 0) is 30.3 Å². The van der Waals surface area contributed by atoms with Gasteiger partial charge in [-0.2, -0.15) is 5.10 Å². The molecule has 3 heterocycles. The van der Waals surface area contributed by atoms with Crippen molar-refractivity contribution in [2.24, 2.45) is 0 Å². The van der Waals surface area contributed by atoms with Crippen LogP contribution in [0.2, 0.25) is 5.15 Å². The van der Waals surface area contributed by atoms with Gasteiger partial charge in [0.05, 0.1) is 36.8 Å². The number of rotatable bonds is 5. The molecule has 1 aliphatic rings. The van der Waals surface area contributed by atoms with Crippen LogP contribution in [0.25, 0.3) is 16.6 Å². The van der Waals surface area contributed by atoms with Gasteiger partial charge in [-0.1, -0.05) is 37.6 Å². The summed E-state index contributed by atoms with van der Waals surface area (Å²) in [5, 5.41) is 5.00. The standard InChI is InChI=1S/C24H22ClN5O5S/c1-24(2)12-35-20-14(24)8-10-19(34-3)21(20)36(32,33)29-23(31)17-9-7-13-16(27-17)5-4-6-18(13)30-11-15(26)22(25)28-30/h4-11H,12,26H2,1-3H3,(H,29,31). The molecule has 5 rings (SSSR count). The molecule has 186 valence electrons. The van der Waals surface area contributed by atoms with Crippen LogP contribution in [0.1, 0.15) is 29.9 Å². The molecule has 0 aliphatic carbocycles. The minimum Gasteiger partial charge on any atom is -0.495 e. The summed E-state index contributed by atoms with van der Waals surface area (Å²) in [5.74, 6) is -0.654. The number of nitrogens with one attached hydrogen (secondary N) is 1. The van der Waals surface area contributed by atoms with Crippen LogP contribution in [0.4, 0.5) is 5.69 Å². The first-order valence-corrected chi connectivity index (χ1v) is 12.7. The Labute approximate surface area is 212 Å². The monoisotopic (exact) mass is 527 g/mol. The molecule has 0 atom stereocenters. The first kappa shape index (κ1) is 23.9. The second-order valence-corrected chi connectivity index (χ2v) is 10.9. The molecule has 2 aromatic carbocycles. The molecule has 3 N–H and O–H groups in total. The largest absolute Gasteiger partial charge is 0.495 e. The molecular formula is C24H22ClN5O5S. The molecule has 2 aromatic heterocycles. The number of hydrogen-bond acceptors (Lipinski definition) is 8. The number of nitrogens with zero attached hydrogens (tertiary/aromatic N) is 3. The van der Waals surface area contributed by atoms with Gasteiger partial charge >= 0.3 is 0 Å². The highest BCUT2D eigenvalue weighted by molar-refractivity contribution is 7.90. The van der Waals surface area contributed by atoms with Crippen LogP contribution in [0.15, 0.2) is 53.6 Å². The Kier molecular flexibility index (Phi) is 5.56. The number of benzene rings is 2. The smallest absolute Gasteiger partial charge is 0.283 e. The van der Waals surface area contributed by atoms with E-state index in [-0.39, 0.29) is 27.2 Å². The zero-order chi connectivity index (χ0) is 25.8. The number of sulfonamides is 1. The zero-order valence-corrected chi connectivity index (χ0v) is 21.1. The van der Waals surface area contributed by atoms with Crippen molar-refractivity contribution < 1.29 is 22.7 Å². The summed E-state index contributed by atoms with van der Waals surface area (Å²) in [6.45, 7) is 4.19. The predicted molar refractivity (Wildman–Crippen MR) is 134 cm³/mol. The number of amides is 1. The van der Waals surface area contributed by atoms with Crippen molar-refractivity contribution >= 4 is 44.1 Å². The van der Waals surface area contributed by atoms with Gasteiger partial charge < -0.3 is 15.2 Å². The quantitative estimate of drug-likeness (QED) is 0.402. The summed E-state index contributed by atoms with van der Waals surface area (Å²) >= 11 is 5.98. The molecule has 0 spiro atoms. The maximum atomic E-state index is 13.3. The number of halogens is 1. The molecule has 0 unspecified atom stereocenters. The Hall–Kier alpha value is -3.83. The summed E-state index contributed by atoms with van der Waals surface area (Å²) < 4.78 is 41.3. The van der Waals surface area contributed by atoms with Crippen molar-refractivity contribution in [3.05, 3.63) is 65.1 Å². The van der Waals surface area contributed by atoms with Crippen molar-refractivity contribution in [2.45, 2.75) is 24.2 Å². The highest BCUT2D eigenvalue weighted by atomic mass is 35.5. The van der Waals surface area contributed by atoms with Gasteiger partial charge in [0.25, 0.3) is 15.9 Å². The maximum absolute atomic E-state index is 13.3. The number of carbonyl (C=O) groups is 1. The van der Waals surface area contributed by atoms with Gasteiger partial charge in [0.2, 0.25) is 0 Å². The first-order chi connectivity index (χ1) is 17.0. The van der Waals surface area contributed by atoms with E-state index in [0.717, 1.165) is 0 Å². The minimum absolute atomic E-state index is 0.0695. The Bertz CT molecular complexity index is 1630. The normalized spacial score (nSPS) is 14.3. The zero-order valence-electron chi connectivity index (χ0n) is 19.6. The van der Waals surface area contributed by atoms with Gasteiger partial charge in [-0.15, -0.1) is 0 Å². The molecule has 1 amide bonds. The number of ether oxygens (including phenoxy) is 2. The number of hydrogen-bond donors (Lipinski definition) is 2. The molecule has 0 saturated carbocycles. The molecular weight excluding hydrogens is 506 g/mol. The highest BCUT2D eigenvalue weighted by Gasteiger charge is 2.39. The number of carbonyl (C=O) groups excluding carboxylic acids is 1. The SMILES string of the molecule is COc1ccc2c(c1S(=O)(=O)NC(=O)c1ccc3c(-n4cc(N)c(Cl)n4)cccc3n1)OCC2(C)C. The number of nitrogens with two attached hydrogens (primary N) is 1. The molecule has 0 saturated heterocycles.